The lowest BCUT2D eigenvalue weighted by atomic mass is 9.95. The summed E-state index contributed by atoms with van der Waals surface area (Å²) in [6.07, 6.45) is 7.02. The number of esters is 2. The molecule has 0 radical (unpaired) electrons. The van der Waals surface area contributed by atoms with Crippen LogP contribution in [-0.4, -0.2) is 56.4 Å². The van der Waals surface area contributed by atoms with Gasteiger partial charge in [0.1, 0.15) is 0 Å². The third-order valence-corrected chi connectivity index (χ3v) is 6.66. The molecule has 1 unspecified atom stereocenters. The zero-order valence-corrected chi connectivity index (χ0v) is 23.1. The first-order valence-corrected chi connectivity index (χ1v) is 13.6. The Morgan fingerprint density at radius 3 is 2.27 bits per heavy atom. The maximum absolute atomic E-state index is 12.3. The van der Waals surface area contributed by atoms with Gasteiger partial charge in [0.25, 0.3) is 0 Å². The maximum Gasteiger partial charge on any atom is 0.333 e. The van der Waals surface area contributed by atoms with E-state index in [0.717, 1.165) is 31.6 Å². The highest BCUT2D eigenvalue weighted by Crippen LogP contribution is 2.21. The smallest absolute Gasteiger partial charge is 0.333 e. The molecule has 1 aromatic carbocycles. The van der Waals surface area contributed by atoms with E-state index in [4.69, 9.17) is 18.9 Å². The van der Waals surface area contributed by atoms with Gasteiger partial charge in [0.2, 0.25) is 0 Å². The standard InChI is InChI=1S/C30H46O7/c1-6-7-8-9-25-17-34-27(35-18-25)15-14-23-10-12-24(13-11-23)16-26(19-36-28(32)22(2)3)20-37-29(33)30(4,5)21-31/h10-13,25-27,31H,2,6-9,14-21H2,1,3-5H3. The molecule has 1 aromatic rings. The van der Waals surface area contributed by atoms with Crippen LogP contribution in [0.25, 0.3) is 0 Å². The number of rotatable bonds is 16. The van der Waals surface area contributed by atoms with E-state index in [1.807, 2.05) is 0 Å². The highest BCUT2D eigenvalue weighted by molar-refractivity contribution is 5.86. The van der Waals surface area contributed by atoms with Crippen molar-refractivity contribution in [3.05, 3.63) is 47.5 Å². The molecule has 0 amide bonds. The van der Waals surface area contributed by atoms with Crippen LogP contribution in [0, 0.1) is 17.3 Å². The number of benzene rings is 1. The predicted molar refractivity (Wildman–Crippen MR) is 143 cm³/mol. The number of carbonyl (C=O) groups excluding carboxylic acids is 2. The van der Waals surface area contributed by atoms with Crippen LogP contribution in [0.2, 0.25) is 0 Å². The van der Waals surface area contributed by atoms with Gasteiger partial charge in [0, 0.05) is 23.8 Å². The largest absolute Gasteiger partial charge is 0.465 e. The summed E-state index contributed by atoms with van der Waals surface area (Å²) in [6.45, 7) is 12.1. The highest BCUT2D eigenvalue weighted by Gasteiger charge is 2.29. The number of carbonyl (C=O) groups is 2. The van der Waals surface area contributed by atoms with Crippen molar-refractivity contribution < 1.29 is 33.6 Å². The normalized spacial score (nSPS) is 18.7. The lowest BCUT2D eigenvalue weighted by molar-refractivity contribution is -0.203. The Morgan fingerprint density at radius 1 is 1.05 bits per heavy atom. The molecule has 1 aliphatic rings. The van der Waals surface area contributed by atoms with Crippen molar-refractivity contribution in [1.29, 1.82) is 0 Å². The summed E-state index contributed by atoms with van der Waals surface area (Å²) >= 11 is 0. The molecule has 0 saturated carbocycles. The van der Waals surface area contributed by atoms with Crippen molar-refractivity contribution in [3.63, 3.8) is 0 Å². The molecule has 1 N–H and O–H groups in total. The summed E-state index contributed by atoms with van der Waals surface area (Å²) in [7, 11) is 0. The average Bonchev–Trinajstić information content (AvgIpc) is 2.90. The SMILES string of the molecule is C=C(C)C(=O)OCC(COC(=O)C(C)(C)CO)Cc1ccc(CCC2OCC(CCCCC)CO2)cc1. The van der Waals surface area contributed by atoms with E-state index in [1.165, 1.54) is 31.2 Å². The van der Waals surface area contributed by atoms with Crippen LogP contribution in [0.15, 0.2) is 36.4 Å². The van der Waals surface area contributed by atoms with Gasteiger partial charge in [0.05, 0.1) is 38.4 Å². The first-order chi connectivity index (χ1) is 17.6. The van der Waals surface area contributed by atoms with Crippen LogP contribution in [0.3, 0.4) is 0 Å². The Balaban J connectivity index is 1.84. The van der Waals surface area contributed by atoms with Crippen LogP contribution >= 0.6 is 0 Å². The fourth-order valence-corrected chi connectivity index (χ4v) is 4.00. The molecule has 1 aliphatic heterocycles. The van der Waals surface area contributed by atoms with Crippen LogP contribution in [0.4, 0.5) is 0 Å². The zero-order chi connectivity index (χ0) is 27.3. The Hall–Kier alpha value is -2.22. The minimum Gasteiger partial charge on any atom is -0.465 e. The molecule has 0 aliphatic carbocycles. The molecular formula is C30H46O7. The monoisotopic (exact) mass is 518 g/mol. The van der Waals surface area contributed by atoms with Gasteiger partial charge < -0.3 is 24.1 Å². The van der Waals surface area contributed by atoms with Gasteiger partial charge in [-0.1, -0.05) is 57.0 Å². The minimum atomic E-state index is -0.984. The summed E-state index contributed by atoms with van der Waals surface area (Å²) in [6, 6.07) is 8.27. The Bertz CT molecular complexity index is 838. The summed E-state index contributed by atoms with van der Waals surface area (Å²) in [5.74, 6) is -0.664. The number of aryl methyl sites for hydroxylation is 1. The Labute approximate surface area is 222 Å². The van der Waals surface area contributed by atoms with Gasteiger partial charge in [0.15, 0.2) is 6.29 Å². The minimum absolute atomic E-state index is 0.0866. The van der Waals surface area contributed by atoms with E-state index in [9.17, 15) is 14.7 Å². The molecule has 2 rings (SSSR count). The molecule has 1 saturated heterocycles. The van der Waals surface area contributed by atoms with Crippen molar-refractivity contribution in [2.24, 2.45) is 17.3 Å². The Morgan fingerprint density at radius 2 is 1.68 bits per heavy atom. The molecule has 0 bridgehead atoms. The quantitative estimate of drug-likeness (QED) is 0.186. The first kappa shape index (κ1) is 31.0. The number of ether oxygens (including phenoxy) is 4. The van der Waals surface area contributed by atoms with E-state index < -0.39 is 17.4 Å². The molecule has 208 valence electrons. The second kappa shape index (κ2) is 15.9. The number of unbranched alkanes of at least 4 members (excludes halogenated alkanes) is 2. The third-order valence-electron chi connectivity index (χ3n) is 6.66. The summed E-state index contributed by atoms with van der Waals surface area (Å²) in [5, 5.41) is 9.41. The number of aliphatic hydroxyl groups is 1. The summed E-state index contributed by atoms with van der Waals surface area (Å²) < 4.78 is 22.7. The predicted octanol–water partition coefficient (Wildman–Crippen LogP) is 5.03. The number of hydrogen-bond acceptors (Lipinski definition) is 7. The van der Waals surface area contributed by atoms with Crippen LogP contribution in [0.5, 0.6) is 0 Å². The average molecular weight is 519 g/mol. The maximum atomic E-state index is 12.3. The zero-order valence-electron chi connectivity index (χ0n) is 23.1. The molecule has 7 nitrogen and oxygen atoms in total. The second-order valence-electron chi connectivity index (χ2n) is 10.9. The van der Waals surface area contributed by atoms with E-state index >= 15 is 0 Å². The summed E-state index contributed by atoms with van der Waals surface area (Å²) in [5.41, 5.74) is 1.59. The first-order valence-electron chi connectivity index (χ1n) is 13.6. The number of hydrogen-bond donors (Lipinski definition) is 1. The summed E-state index contributed by atoms with van der Waals surface area (Å²) in [4.78, 5) is 24.2. The van der Waals surface area contributed by atoms with Gasteiger partial charge in [-0.15, -0.1) is 0 Å². The van der Waals surface area contributed by atoms with Crippen molar-refractivity contribution >= 4 is 11.9 Å². The fourth-order valence-electron chi connectivity index (χ4n) is 4.00. The van der Waals surface area contributed by atoms with Crippen molar-refractivity contribution in [2.45, 2.75) is 78.9 Å². The van der Waals surface area contributed by atoms with Crippen molar-refractivity contribution in [1.82, 2.24) is 0 Å². The molecule has 37 heavy (non-hydrogen) atoms. The molecule has 1 heterocycles. The van der Waals surface area contributed by atoms with E-state index in [-0.39, 0.29) is 32.0 Å². The highest BCUT2D eigenvalue weighted by atomic mass is 16.7. The van der Waals surface area contributed by atoms with Gasteiger partial charge in [-0.25, -0.2) is 4.79 Å². The van der Waals surface area contributed by atoms with Crippen LogP contribution < -0.4 is 0 Å². The second-order valence-corrected chi connectivity index (χ2v) is 10.9. The van der Waals surface area contributed by atoms with Gasteiger partial charge in [-0.05, 0) is 51.2 Å². The van der Waals surface area contributed by atoms with Gasteiger partial charge in [-0.2, -0.15) is 0 Å². The Kier molecular flexibility index (Phi) is 13.3. The van der Waals surface area contributed by atoms with Gasteiger partial charge in [-0.3, -0.25) is 4.79 Å². The molecule has 1 fully saturated rings. The fraction of sp³-hybridized carbons (Fsp3) is 0.667. The van der Waals surface area contributed by atoms with Gasteiger partial charge >= 0.3 is 11.9 Å². The lowest BCUT2D eigenvalue weighted by Gasteiger charge is -2.29. The van der Waals surface area contributed by atoms with Crippen LogP contribution in [0.1, 0.15) is 70.9 Å². The van der Waals surface area contributed by atoms with E-state index in [2.05, 4.69) is 37.8 Å². The molecular weight excluding hydrogens is 472 g/mol. The molecule has 0 spiro atoms. The molecule has 1 atom stereocenters. The van der Waals surface area contributed by atoms with E-state index in [0.29, 0.717) is 17.9 Å². The third kappa shape index (κ3) is 11.4. The number of aliphatic hydroxyl groups excluding tert-OH is 1. The van der Waals surface area contributed by atoms with Crippen molar-refractivity contribution in [3.8, 4) is 0 Å². The topological polar surface area (TPSA) is 91.3 Å². The van der Waals surface area contributed by atoms with Crippen LogP contribution in [-0.2, 0) is 41.4 Å². The molecule has 7 heteroatoms. The lowest BCUT2D eigenvalue weighted by Crippen LogP contribution is -2.32. The molecule has 0 aromatic heterocycles. The van der Waals surface area contributed by atoms with E-state index in [1.54, 1.807) is 20.8 Å². The van der Waals surface area contributed by atoms with Crippen molar-refractivity contribution in [2.75, 3.05) is 33.0 Å².